The van der Waals surface area contributed by atoms with E-state index in [0.29, 0.717) is 25.7 Å². The second kappa shape index (κ2) is 61.3. The summed E-state index contributed by atoms with van der Waals surface area (Å²) in [5.74, 6) is -0.670. The fraction of sp³-hybridized carbons (Fsp3) is 0.942. The van der Waals surface area contributed by atoms with E-state index in [-0.39, 0.29) is 25.7 Å². The average molecular weight is 1300 g/mol. The standard InChI is InChI=1S/C69H134O17P2/c1-7-10-12-14-16-17-18-19-20-21-22-23-24-25-26-29-34-41-47-53-68(73)85-64(58-80-67(72)52-46-40-33-30-27-28-32-37-43-49-61(4)5)59-83-87(75,76)81-55-63(70)56-82-88(77,78)84-60-65(57-79-66(71)51-45-39-31-15-13-11-8-2)86-69(74)54-48-42-36-35-38-44-50-62(6)9-3/h61-65,70H,7-60H2,1-6H3,(H,75,76)(H,77,78)/t62?,63-,64-,65-/m1/s1. The van der Waals surface area contributed by atoms with Crippen LogP contribution in [0.15, 0.2) is 0 Å². The molecule has 0 heterocycles. The summed E-state index contributed by atoms with van der Waals surface area (Å²) in [4.78, 5) is 72.3. The van der Waals surface area contributed by atoms with Gasteiger partial charge in [0.25, 0.3) is 0 Å². The summed E-state index contributed by atoms with van der Waals surface area (Å²) >= 11 is 0. The van der Waals surface area contributed by atoms with E-state index in [4.69, 9.17) is 37.0 Å². The van der Waals surface area contributed by atoms with E-state index in [1.807, 2.05) is 0 Å². The molecule has 0 bridgehead atoms. The smallest absolute Gasteiger partial charge is 0.462 e. The molecule has 88 heavy (non-hydrogen) atoms. The van der Waals surface area contributed by atoms with Crippen molar-refractivity contribution in [3.8, 4) is 0 Å². The molecule has 0 radical (unpaired) electrons. The van der Waals surface area contributed by atoms with E-state index in [1.165, 1.54) is 154 Å². The molecule has 6 atom stereocenters. The van der Waals surface area contributed by atoms with Gasteiger partial charge >= 0.3 is 39.5 Å². The van der Waals surface area contributed by atoms with Gasteiger partial charge in [0.2, 0.25) is 0 Å². The zero-order valence-corrected chi connectivity index (χ0v) is 58.8. The van der Waals surface area contributed by atoms with E-state index in [2.05, 4.69) is 41.5 Å². The number of rotatable bonds is 68. The summed E-state index contributed by atoms with van der Waals surface area (Å²) in [7, 11) is -9.89. The van der Waals surface area contributed by atoms with Crippen LogP contribution in [0.4, 0.5) is 0 Å². The first kappa shape index (κ1) is 86.1. The van der Waals surface area contributed by atoms with Crippen LogP contribution in [0.25, 0.3) is 0 Å². The van der Waals surface area contributed by atoms with Gasteiger partial charge in [-0.25, -0.2) is 9.13 Å². The first-order valence-electron chi connectivity index (χ1n) is 36.0. The zero-order valence-electron chi connectivity index (χ0n) is 57.0. The first-order chi connectivity index (χ1) is 42.4. The number of hydrogen-bond acceptors (Lipinski definition) is 15. The Bertz CT molecular complexity index is 1720. The summed E-state index contributed by atoms with van der Waals surface area (Å²) in [5, 5.41) is 10.6. The highest BCUT2D eigenvalue weighted by Crippen LogP contribution is 2.45. The third kappa shape index (κ3) is 61.6. The molecular formula is C69H134O17P2. The van der Waals surface area contributed by atoms with Gasteiger partial charge in [0, 0.05) is 25.7 Å². The Morgan fingerprint density at radius 1 is 0.330 bits per heavy atom. The third-order valence-corrected chi connectivity index (χ3v) is 18.2. The predicted molar refractivity (Wildman–Crippen MR) is 354 cm³/mol. The van der Waals surface area contributed by atoms with Crippen LogP contribution < -0.4 is 0 Å². The van der Waals surface area contributed by atoms with Gasteiger partial charge in [0.05, 0.1) is 26.4 Å². The number of unbranched alkanes of at least 4 members (excludes halogenated alkanes) is 37. The van der Waals surface area contributed by atoms with Gasteiger partial charge in [-0.05, 0) is 37.5 Å². The molecule has 0 aliphatic heterocycles. The molecule has 0 aromatic rings. The van der Waals surface area contributed by atoms with Crippen LogP contribution in [-0.2, 0) is 65.4 Å². The maximum absolute atomic E-state index is 13.0. The number of carbonyl (C=O) groups excluding carboxylic acids is 4. The number of aliphatic hydroxyl groups excluding tert-OH is 1. The Labute approximate surface area is 537 Å². The van der Waals surface area contributed by atoms with Crippen molar-refractivity contribution in [3.05, 3.63) is 0 Å². The Hall–Kier alpha value is -1.94. The molecule has 0 aliphatic carbocycles. The summed E-state index contributed by atoms with van der Waals surface area (Å²) in [6.07, 6.45) is 46.1. The van der Waals surface area contributed by atoms with Crippen LogP contribution in [0.5, 0.6) is 0 Å². The number of ether oxygens (including phenoxy) is 4. The van der Waals surface area contributed by atoms with Gasteiger partial charge in [0.1, 0.15) is 19.3 Å². The summed E-state index contributed by atoms with van der Waals surface area (Å²) in [6.45, 7) is 9.43. The molecule has 0 fully saturated rings. The largest absolute Gasteiger partial charge is 0.472 e. The molecule has 0 saturated heterocycles. The number of carbonyl (C=O) groups is 4. The Morgan fingerprint density at radius 2 is 0.580 bits per heavy atom. The minimum Gasteiger partial charge on any atom is -0.462 e. The second-order valence-electron chi connectivity index (χ2n) is 25.6. The molecule has 17 nitrogen and oxygen atoms in total. The van der Waals surface area contributed by atoms with Crippen LogP contribution >= 0.6 is 15.6 Å². The van der Waals surface area contributed by atoms with Crippen molar-refractivity contribution in [2.45, 2.75) is 368 Å². The van der Waals surface area contributed by atoms with Gasteiger partial charge in [-0.2, -0.15) is 0 Å². The van der Waals surface area contributed by atoms with Gasteiger partial charge in [0.15, 0.2) is 12.2 Å². The SMILES string of the molecule is CCCCCCCCCCCCCCCCCCCCCC(=O)O[C@H](COC(=O)CCCCCCCCCCCC(C)C)COP(=O)(O)OC[C@@H](O)COP(=O)(O)OC[C@@H](COC(=O)CCCCCCCCC)OC(=O)CCCCCCCCC(C)CC. The van der Waals surface area contributed by atoms with Gasteiger partial charge in [-0.3, -0.25) is 37.3 Å². The molecule has 0 saturated carbocycles. The Kier molecular flexibility index (Phi) is 59.9. The van der Waals surface area contributed by atoms with E-state index >= 15 is 0 Å². The lowest BCUT2D eigenvalue weighted by atomic mass is 10.00. The van der Waals surface area contributed by atoms with Crippen molar-refractivity contribution in [2.75, 3.05) is 39.6 Å². The van der Waals surface area contributed by atoms with Gasteiger partial charge in [-0.1, -0.05) is 298 Å². The molecule has 522 valence electrons. The maximum Gasteiger partial charge on any atom is 0.472 e. The van der Waals surface area contributed by atoms with Crippen molar-refractivity contribution in [3.63, 3.8) is 0 Å². The summed E-state index contributed by atoms with van der Waals surface area (Å²) in [5.41, 5.74) is 0. The van der Waals surface area contributed by atoms with Crippen LogP contribution in [-0.4, -0.2) is 96.7 Å². The molecule has 3 N–H and O–H groups in total. The van der Waals surface area contributed by atoms with Crippen LogP contribution in [0, 0.1) is 11.8 Å². The highest BCUT2D eigenvalue weighted by atomic mass is 31.2. The highest BCUT2D eigenvalue weighted by molar-refractivity contribution is 7.47. The lowest BCUT2D eigenvalue weighted by Gasteiger charge is -2.21. The molecule has 0 spiro atoms. The molecule has 0 aromatic carbocycles. The fourth-order valence-electron chi connectivity index (χ4n) is 10.4. The zero-order chi connectivity index (χ0) is 65.0. The summed E-state index contributed by atoms with van der Waals surface area (Å²) < 4.78 is 68.1. The van der Waals surface area contributed by atoms with Crippen molar-refractivity contribution < 1.29 is 80.2 Å². The minimum atomic E-state index is -4.95. The van der Waals surface area contributed by atoms with Crippen molar-refractivity contribution in [2.24, 2.45) is 11.8 Å². The number of phosphoric ester groups is 2. The van der Waals surface area contributed by atoms with E-state index in [0.717, 1.165) is 115 Å². The monoisotopic (exact) mass is 1300 g/mol. The predicted octanol–water partition coefficient (Wildman–Crippen LogP) is 19.6. The molecular weight excluding hydrogens is 1160 g/mol. The quantitative estimate of drug-likeness (QED) is 0.0222. The molecule has 19 heteroatoms. The van der Waals surface area contributed by atoms with Crippen LogP contribution in [0.2, 0.25) is 0 Å². The molecule has 0 amide bonds. The molecule has 0 aliphatic rings. The van der Waals surface area contributed by atoms with E-state index < -0.39 is 97.5 Å². The van der Waals surface area contributed by atoms with E-state index in [9.17, 15) is 43.2 Å². The Morgan fingerprint density at radius 3 is 0.864 bits per heavy atom. The topological polar surface area (TPSA) is 237 Å². The lowest BCUT2D eigenvalue weighted by molar-refractivity contribution is -0.161. The second-order valence-corrected chi connectivity index (χ2v) is 28.5. The maximum atomic E-state index is 13.0. The molecule has 0 rings (SSSR count). The minimum absolute atomic E-state index is 0.103. The molecule has 3 unspecified atom stereocenters. The number of aliphatic hydroxyl groups is 1. The average Bonchev–Trinajstić information content (AvgIpc) is 3.53. The number of hydrogen-bond donors (Lipinski definition) is 3. The highest BCUT2D eigenvalue weighted by Gasteiger charge is 2.30. The fourth-order valence-corrected chi connectivity index (χ4v) is 12.0. The van der Waals surface area contributed by atoms with Crippen molar-refractivity contribution in [1.29, 1.82) is 0 Å². The van der Waals surface area contributed by atoms with Crippen LogP contribution in [0.1, 0.15) is 350 Å². The van der Waals surface area contributed by atoms with Crippen LogP contribution in [0.3, 0.4) is 0 Å². The van der Waals surface area contributed by atoms with Gasteiger partial charge < -0.3 is 33.8 Å². The molecule has 0 aromatic heterocycles. The number of esters is 4. The van der Waals surface area contributed by atoms with E-state index in [1.54, 1.807) is 0 Å². The normalized spacial score (nSPS) is 14.5. The van der Waals surface area contributed by atoms with Crippen molar-refractivity contribution in [1.82, 2.24) is 0 Å². The Balaban J connectivity index is 5.17. The van der Waals surface area contributed by atoms with Gasteiger partial charge in [-0.15, -0.1) is 0 Å². The first-order valence-corrected chi connectivity index (χ1v) is 39.0. The lowest BCUT2D eigenvalue weighted by Crippen LogP contribution is -2.30. The summed E-state index contributed by atoms with van der Waals surface area (Å²) in [6, 6.07) is 0. The third-order valence-electron chi connectivity index (χ3n) is 16.3. The number of phosphoric acid groups is 2. The van der Waals surface area contributed by atoms with Crippen molar-refractivity contribution >= 4 is 39.5 Å².